The largest absolute Gasteiger partial charge is 0.462 e. The summed E-state index contributed by atoms with van der Waals surface area (Å²) in [6.07, 6.45) is 57.1. The molecule has 0 radical (unpaired) electrons. The van der Waals surface area contributed by atoms with Gasteiger partial charge in [-0.05, 0) is 89.9 Å². The standard InChI is InChI=1S/C51H84O6/c1-4-7-10-13-16-19-21-23-24-25-26-28-29-32-35-38-41-44-50(53)56-47-48(46-55-49(52)43-40-37-34-31-18-15-12-9-6-3)57-51(54)45-42-39-36-33-30-27-22-20-17-14-11-8-5-2/h7-8,10-11,16-17,19-20,23-24,26-28,30,48H,4-6,9,12-15,18,21-22,25,29,31-47H2,1-3H3/b10-7-,11-8-,19-16-,20-17-,24-23-,28-26-,30-27-. The van der Waals surface area contributed by atoms with Crippen molar-refractivity contribution in [2.75, 3.05) is 13.2 Å². The van der Waals surface area contributed by atoms with Gasteiger partial charge in [0.1, 0.15) is 13.2 Å². The van der Waals surface area contributed by atoms with Crippen molar-refractivity contribution in [1.82, 2.24) is 0 Å². The second kappa shape index (κ2) is 45.3. The van der Waals surface area contributed by atoms with E-state index in [1.54, 1.807) is 0 Å². The first-order chi connectivity index (χ1) is 28.0. The molecule has 0 heterocycles. The Kier molecular flexibility index (Phi) is 42.6. The zero-order chi connectivity index (χ0) is 41.5. The van der Waals surface area contributed by atoms with Crippen LogP contribution in [0.15, 0.2) is 85.1 Å². The number of ether oxygens (including phenoxy) is 3. The lowest BCUT2D eigenvalue weighted by atomic mass is 10.1. The van der Waals surface area contributed by atoms with Gasteiger partial charge in [0, 0.05) is 19.3 Å². The maximum absolute atomic E-state index is 12.7. The molecule has 6 nitrogen and oxygen atoms in total. The third kappa shape index (κ3) is 43.6. The highest BCUT2D eigenvalue weighted by molar-refractivity contribution is 5.71. The predicted octanol–water partition coefficient (Wildman–Crippen LogP) is 14.9. The van der Waals surface area contributed by atoms with Crippen molar-refractivity contribution < 1.29 is 28.6 Å². The van der Waals surface area contributed by atoms with E-state index in [1.807, 2.05) is 0 Å². The van der Waals surface area contributed by atoms with Crippen LogP contribution in [-0.4, -0.2) is 37.2 Å². The van der Waals surface area contributed by atoms with Crippen LogP contribution in [0.5, 0.6) is 0 Å². The number of unbranched alkanes of at least 4 members (excludes halogenated alkanes) is 15. The Labute approximate surface area is 350 Å². The van der Waals surface area contributed by atoms with Gasteiger partial charge in [-0.1, -0.05) is 176 Å². The van der Waals surface area contributed by atoms with Gasteiger partial charge in [-0.3, -0.25) is 14.4 Å². The minimum absolute atomic E-state index is 0.0965. The molecule has 0 amide bonds. The quantitative estimate of drug-likeness (QED) is 0.0266. The lowest BCUT2D eigenvalue weighted by molar-refractivity contribution is -0.167. The first kappa shape index (κ1) is 53.6. The maximum Gasteiger partial charge on any atom is 0.306 e. The van der Waals surface area contributed by atoms with E-state index in [4.69, 9.17) is 14.2 Å². The number of esters is 3. The summed E-state index contributed by atoms with van der Waals surface area (Å²) in [5.74, 6) is -0.961. The van der Waals surface area contributed by atoms with E-state index < -0.39 is 6.10 Å². The van der Waals surface area contributed by atoms with Crippen LogP contribution in [0, 0.1) is 0 Å². The highest BCUT2D eigenvalue weighted by Crippen LogP contribution is 2.13. The van der Waals surface area contributed by atoms with Gasteiger partial charge in [0.05, 0.1) is 0 Å². The summed E-state index contributed by atoms with van der Waals surface area (Å²) in [6.45, 7) is 6.32. The average Bonchev–Trinajstić information content (AvgIpc) is 3.21. The molecule has 0 saturated carbocycles. The summed E-state index contributed by atoms with van der Waals surface area (Å²) in [6, 6.07) is 0. The Morgan fingerprint density at radius 1 is 0.368 bits per heavy atom. The fraction of sp³-hybridized carbons (Fsp3) is 0.667. The molecule has 0 rings (SSSR count). The van der Waals surface area contributed by atoms with Gasteiger partial charge in [0.2, 0.25) is 0 Å². The molecule has 0 aromatic carbocycles. The van der Waals surface area contributed by atoms with E-state index in [-0.39, 0.29) is 37.5 Å². The fourth-order valence-corrected chi connectivity index (χ4v) is 5.97. The normalized spacial score (nSPS) is 12.8. The first-order valence-corrected chi connectivity index (χ1v) is 23.1. The molecule has 324 valence electrons. The van der Waals surface area contributed by atoms with Crippen molar-refractivity contribution in [1.29, 1.82) is 0 Å². The Hall–Kier alpha value is -3.41. The molecule has 0 N–H and O–H groups in total. The number of carbonyl (C=O) groups is 3. The summed E-state index contributed by atoms with van der Waals surface area (Å²) >= 11 is 0. The van der Waals surface area contributed by atoms with Crippen LogP contribution in [0.3, 0.4) is 0 Å². The molecule has 0 spiro atoms. The van der Waals surface area contributed by atoms with Crippen molar-refractivity contribution in [2.45, 2.75) is 207 Å². The van der Waals surface area contributed by atoms with Gasteiger partial charge in [0.25, 0.3) is 0 Å². The number of hydrogen-bond acceptors (Lipinski definition) is 6. The second-order valence-corrected chi connectivity index (χ2v) is 14.9. The molecule has 57 heavy (non-hydrogen) atoms. The molecule has 0 bridgehead atoms. The van der Waals surface area contributed by atoms with Crippen molar-refractivity contribution >= 4 is 17.9 Å². The third-order valence-electron chi connectivity index (χ3n) is 9.40. The minimum Gasteiger partial charge on any atom is -0.462 e. The van der Waals surface area contributed by atoms with E-state index >= 15 is 0 Å². The highest BCUT2D eigenvalue weighted by atomic mass is 16.6. The second-order valence-electron chi connectivity index (χ2n) is 14.9. The number of hydrogen-bond donors (Lipinski definition) is 0. The van der Waals surface area contributed by atoms with Crippen molar-refractivity contribution in [3.63, 3.8) is 0 Å². The van der Waals surface area contributed by atoms with Crippen molar-refractivity contribution in [3.8, 4) is 0 Å². The van der Waals surface area contributed by atoms with Gasteiger partial charge in [-0.15, -0.1) is 0 Å². The van der Waals surface area contributed by atoms with Crippen LogP contribution in [-0.2, 0) is 28.6 Å². The molecule has 0 saturated heterocycles. The molecule has 0 aromatic heterocycles. The minimum atomic E-state index is -0.798. The Bertz CT molecular complexity index is 1140. The van der Waals surface area contributed by atoms with Gasteiger partial charge in [0.15, 0.2) is 6.10 Å². The van der Waals surface area contributed by atoms with Crippen LogP contribution in [0.4, 0.5) is 0 Å². The smallest absolute Gasteiger partial charge is 0.306 e. The van der Waals surface area contributed by atoms with E-state index in [1.165, 1.54) is 38.5 Å². The highest BCUT2D eigenvalue weighted by Gasteiger charge is 2.19. The SMILES string of the molecule is CC/C=C\C/C=C\C/C=C\C/C=C\CCCCCCC(=O)OCC(COC(=O)CCCCCCCCCCC)OC(=O)CCCCC/C=C\C/C=C\C/C=C\CC. The summed E-state index contributed by atoms with van der Waals surface area (Å²) < 4.78 is 16.7. The molecular formula is C51H84O6. The number of rotatable bonds is 40. The van der Waals surface area contributed by atoms with Crippen LogP contribution in [0.25, 0.3) is 0 Å². The Morgan fingerprint density at radius 2 is 0.684 bits per heavy atom. The molecule has 0 aromatic rings. The molecule has 0 aliphatic carbocycles. The van der Waals surface area contributed by atoms with E-state index in [0.29, 0.717) is 12.8 Å². The van der Waals surface area contributed by atoms with E-state index in [0.717, 1.165) is 122 Å². The summed E-state index contributed by atoms with van der Waals surface area (Å²) in [7, 11) is 0. The lowest BCUT2D eigenvalue weighted by Gasteiger charge is -2.18. The third-order valence-corrected chi connectivity index (χ3v) is 9.40. The molecule has 6 heteroatoms. The van der Waals surface area contributed by atoms with E-state index in [2.05, 4.69) is 106 Å². The molecule has 0 aliphatic heterocycles. The molecule has 1 unspecified atom stereocenters. The average molecular weight is 793 g/mol. The fourth-order valence-electron chi connectivity index (χ4n) is 5.97. The molecule has 0 fully saturated rings. The van der Waals surface area contributed by atoms with Gasteiger partial charge in [-0.2, -0.15) is 0 Å². The van der Waals surface area contributed by atoms with Crippen LogP contribution in [0.2, 0.25) is 0 Å². The predicted molar refractivity (Wildman–Crippen MR) is 242 cm³/mol. The Balaban J connectivity index is 4.45. The van der Waals surface area contributed by atoms with Crippen molar-refractivity contribution in [2.24, 2.45) is 0 Å². The van der Waals surface area contributed by atoms with Gasteiger partial charge < -0.3 is 14.2 Å². The zero-order valence-electron chi connectivity index (χ0n) is 36.8. The first-order valence-electron chi connectivity index (χ1n) is 23.1. The summed E-state index contributed by atoms with van der Waals surface area (Å²) in [5, 5.41) is 0. The lowest BCUT2D eigenvalue weighted by Crippen LogP contribution is -2.30. The topological polar surface area (TPSA) is 78.9 Å². The Morgan fingerprint density at radius 3 is 1.09 bits per heavy atom. The molecule has 0 aliphatic rings. The number of allylic oxidation sites excluding steroid dienone is 14. The van der Waals surface area contributed by atoms with Gasteiger partial charge in [-0.25, -0.2) is 0 Å². The van der Waals surface area contributed by atoms with Crippen molar-refractivity contribution in [3.05, 3.63) is 85.1 Å². The van der Waals surface area contributed by atoms with Gasteiger partial charge >= 0.3 is 17.9 Å². The van der Waals surface area contributed by atoms with Crippen LogP contribution >= 0.6 is 0 Å². The summed E-state index contributed by atoms with van der Waals surface area (Å²) in [4.78, 5) is 37.7. The van der Waals surface area contributed by atoms with Crippen LogP contribution in [0.1, 0.15) is 201 Å². The zero-order valence-corrected chi connectivity index (χ0v) is 36.8. The molecular weight excluding hydrogens is 709 g/mol. The van der Waals surface area contributed by atoms with Crippen LogP contribution < -0.4 is 0 Å². The summed E-state index contributed by atoms with van der Waals surface area (Å²) in [5.41, 5.74) is 0. The monoisotopic (exact) mass is 793 g/mol. The number of carbonyl (C=O) groups excluding carboxylic acids is 3. The van der Waals surface area contributed by atoms with E-state index in [9.17, 15) is 14.4 Å². The molecule has 1 atom stereocenters. The maximum atomic E-state index is 12.7.